The Labute approximate surface area is 200 Å². The van der Waals surface area contributed by atoms with E-state index in [1.54, 1.807) is 18.2 Å². The number of nitro groups is 1. The number of benzene rings is 3. The van der Waals surface area contributed by atoms with Gasteiger partial charge in [0.1, 0.15) is 17.9 Å². The van der Waals surface area contributed by atoms with Gasteiger partial charge in [0, 0.05) is 24.2 Å². The Morgan fingerprint density at radius 3 is 2.53 bits per heavy atom. The lowest BCUT2D eigenvalue weighted by molar-refractivity contribution is -0.384. The van der Waals surface area contributed by atoms with Crippen LogP contribution in [0.4, 0.5) is 5.69 Å². The van der Waals surface area contributed by atoms with Gasteiger partial charge in [-0.05, 0) is 52.8 Å². The fourth-order valence-electron chi connectivity index (χ4n) is 3.56. The monoisotopic (exact) mass is 473 g/mol. The average Bonchev–Trinajstić information content (AvgIpc) is 2.83. The lowest BCUT2D eigenvalue weighted by atomic mass is 10.00. The van der Waals surface area contributed by atoms with E-state index in [-0.39, 0.29) is 29.5 Å². The highest BCUT2D eigenvalue weighted by Crippen LogP contribution is 2.32. The Morgan fingerprint density at radius 1 is 1.09 bits per heavy atom. The molecule has 1 heterocycles. The van der Waals surface area contributed by atoms with Gasteiger partial charge in [0.05, 0.1) is 4.92 Å². The second-order valence-corrected chi connectivity index (χ2v) is 7.82. The summed E-state index contributed by atoms with van der Waals surface area (Å²) in [6, 6.07) is 17.2. The fraction of sp³-hybridized carbons (Fsp3) is 0.0800. The molecule has 1 fully saturated rings. The number of hydrogen-bond acceptors (Lipinski definition) is 6. The van der Waals surface area contributed by atoms with Gasteiger partial charge in [-0.1, -0.05) is 36.4 Å². The largest absolute Gasteiger partial charge is 0.488 e. The lowest BCUT2D eigenvalue weighted by Gasteiger charge is -2.28. The number of fused-ring (bicyclic) bond motifs is 1. The highest BCUT2D eigenvalue weighted by molar-refractivity contribution is 7.80. The van der Waals surface area contributed by atoms with E-state index in [1.165, 1.54) is 29.2 Å². The van der Waals surface area contributed by atoms with Crippen LogP contribution in [-0.4, -0.2) is 33.3 Å². The minimum Gasteiger partial charge on any atom is -0.488 e. The molecule has 170 valence electrons. The number of non-ortho nitro benzene ring substituents is 1. The van der Waals surface area contributed by atoms with Crippen LogP contribution in [0.25, 0.3) is 16.8 Å². The number of nitrogens with one attached hydrogen (secondary N) is 1. The van der Waals surface area contributed by atoms with Crippen LogP contribution in [0, 0.1) is 10.1 Å². The first-order valence-electron chi connectivity index (χ1n) is 10.3. The molecule has 3 aromatic rings. The molecule has 0 radical (unpaired) electrons. The van der Waals surface area contributed by atoms with E-state index in [0.717, 1.165) is 16.3 Å². The van der Waals surface area contributed by atoms with Crippen LogP contribution >= 0.6 is 12.2 Å². The van der Waals surface area contributed by atoms with Crippen molar-refractivity contribution >= 4 is 51.7 Å². The average molecular weight is 474 g/mol. The van der Waals surface area contributed by atoms with Crippen LogP contribution in [0.2, 0.25) is 0 Å². The molecule has 0 unspecified atom stereocenters. The summed E-state index contributed by atoms with van der Waals surface area (Å²) in [5, 5.41) is 15.1. The molecule has 4 rings (SSSR count). The summed E-state index contributed by atoms with van der Waals surface area (Å²) in [6.07, 6.45) is 3.03. The molecule has 1 N–H and O–H groups in total. The zero-order valence-electron chi connectivity index (χ0n) is 17.9. The summed E-state index contributed by atoms with van der Waals surface area (Å²) < 4.78 is 6.03. The van der Waals surface area contributed by atoms with E-state index in [0.29, 0.717) is 11.3 Å². The number of carbonyl (C=O) groups excluding carboxylic acids is 2. The normalized spacial score (nSPS) is 14.9. The van der Waals surface area contributed by atoms with Gasteiger partial charge in [-0.3, -0.25) is 29.9 Å². The van der Waals surface area contributed by atoms with Crippen molar-refractivity contribution in [2.24, 2.45) is 0 Å². The quantitative estimate of drug-likeness (QED) is 0.138. The second kappa shape index (κ2) is 9.63. The Kier molecular flexibility index (Phi) is 6.46. The van der Waals surface area contributed by atoms with E-state index in [4.69, 9.17) is 17.0 Å². The SMILES string of the molecule is C=CCN1C(=O)/C(=C/c2c(OCc3ccc([N+](=O)[O-])cc3)ccc3ccccc23)C(=O)NC1=S. The molecule has 0 aliphatic carbocycles. The first-order valence-corrected chi connectivity index (χ1v) is 10.7. The Morgan fingerprint density at radius 2 is 1.82 bits per heavy atom. The molecule has 1 aliphatic rings. The lowest BCUT2D eigenvalue weighted by Crippen LogP contribution is -2.53. The first kappa shape index (κ1) is 22.8. The van der Waals surface area contributed by atoms with E-state index < -0.39 is 16.7 Å². The number of carbonyl (C=O) groups is 2. The maximum absolute atomic E-state index is 13.0. The third-order valence-corrected chi connectivity index (χ3v) is 5.58. The first-order chi connectivity index (χ1) is 16.4. The molecule has 8 nitrogen and oxygen atoms in total. The van der Waals surface area contributed by atoms with E-state index in [1.807, 2.05) is 30.3 Å². The van der Waals surface area contributed by atoms with Crippen LogP contribution < -0.4 is 10.1 Å². The maximum atomic E-state index is 13.0. The Hall–Kier alpha value is -4.37. The van der Waals surface area contributed by atoms with Crippen LogP contribution in [0.15, 0.2) is 78.9 Å². The summed E-state index contributed by atoms with van der Waals surface area (Å²) in [7, 11) is 0. The Balaban J connectivity index is 1.73. The summed E-state index contributed by atoms with van der Waals surface area (Å²) in [4.78, 5) is 37.3. The number of hydrogen-bond donors (Lipinski definition) is 1. The van der Waals surface area contributed by atoms with Crippen LogP contribution in [0.5, 0.6) is 5.75 Å². The molecule has 0 bridgehead atoms. The van der Waals surface area contributed by atoms with Crippen LogP contribution in [0.1, 0.15) is 11.1 Å². The number of amides is 2. The predicted molar refractivity (Wildman–Crippen MR) is 132 cm³/mol. The smallest absolute Gasteiger partial charge is 0.269 e. The number of thiocarbonyl (C=S) groups is 1. The number of nitrogens with zero attached hydrogens (tertiary/aromatic N) is 2. The van der Waals surface area contributed by atoms with Crippen LogP contribution in [0.3, 0.4) is 0 Å². The molecule has 2 amide bonds. The van der Waals surface area contributed by atoms with E-state index in [2.05, 4.69) is 11.9 Å². The molecule has 3 aromatic carbocycles. The number of rotatable bonds is 7. The minimum absolute atomic E-state index is 0.0105. The highest BCUT2D eigenvalue weighted by atomic mass is 32.1. The zero-order chi connectivity index (χ0) is 24.2. The molecule has 0 spiro atoms. The van der Waals surface area contributed by atoms with Crippen molar-refractivity contribution in [2.45, 2.75) is 6.61 Å². The molecule has 34 heavy (non-hydrogen) atoms. The number of ether oxygens (including phenoxy) is 1. The second-order valence-electron chi connectivity index (χ2n) is 7.43. The molecule has 0 atom stereocenters. The molecule has 0 saturated carbocycles. The highest BCUT2D eigenvalue weighted by Gasteiger charge is 2.33. The van der Waals surface area contributed by atoms with Crippen LogP contribution in [-0.2, 0) is 16.2 Å². The minimum atomic E-state index is -0.593. The predicted octanol–water partition coefficient (Wildman–Crippen LogP) is 4.14. The standard InChI is InChI=1S/C25H19N3O5S/c1-2-13-27-24(30)21(23(29)26-25(27)34)14-20-19-6-4-3-5-17(19)9-12-22(20)33-15-16-7-10-18(11-8-16)28(31)32/h2-12,14H,1,13,15H2,(H,26,29,34)/b21-14+. The van der Waals surface area contributed by atoms with Gasteiger partial charge >= 0.3 is 0 Å². The van der Waals surface area contributed by atoms with Gasteiger partial charge in [-0.25, -0.2) is 0 Å². The fourth-order valence-corrected chi connectivity index (χ4v) is 3.81. The topological polar surface area (TPSA) is 102 Å². The van der Waals surface area contributed by atoms with Gasteiger partial charge in [0.25, 0.3) is 17.5 Å². The van der Waals surface area contributed by atoms with Crippen molar-refractivity contribution in [1.29, 1.82) is 0 Å². The molecular formula is C25H19N3O5S. The molecule has 1 aliphatic heterocycles. The van der Waals surface area contributed by atoms with Gasteiger partial charge in [0.2, 0.25) is 0 Å². The Bertz CT molecular complexity index is 1360. The summed E-state index contributed by atoms with van der Waals surface area (Å²) in [5.41, 5.74) is 1.20. The number of nitro benzene ring substituents is 1. The summed E-state index contributed by atoms with van der Waals surface area (Å²) >= 11 is 5.12. The van der Waals surface area contributed by atoms with E-state index in [9.17, 15) is 19.7 Å². The van der Waals surface area contributed by atoms with Crippen molar-refractivity contribution in [3.05, 3.63) is 100 Å². The third kappa shape index (κ3) is 4.55. The zero-order valence-corrected chi connectivity index (χ0v) is 18.7. The van der Waals surface area contributed by atoms with Gasteiger partial charge in [-0.2, -0.15) is 0 Å². The van der Waals surface area contributed by atoms with Crippen molar-refractivity contribution in [1.82, 2.24) is 10.2 Å². The van der Waals surface area contributed by atoms with Crippen molar-refractivity contribution < 1.29 is 19.2 Å². The van der Waals surface area contributed by atoms with Crippen molar-refractivity contribution in [2.75, 3.05) is 6.54 Å². The third-order valence-electron chi connectivity index (χ3n) is 5.26. The van der Waals surface area contributed by atoms with Crippen molar-refractivity contribution in [3.8, 4) is 5.75 Å². The molecule has 9 heteroatoms. The molecule has 0 aromatic heterocycles. The van der Waals surface area contributed by atoms with Crippen molar-refractivity contribution in [3.63, 3.8) is 0 Å². The maximum Gasteiger partial charge on any atom is 0.269 e. The van der Waals surface area contributed by atoms with Gasteiger partial charge < -0.3 is 4.74 Å². The molecule has 1 saturated heterocycles. The van der Waals surface area contributed by atoms with Gasteiger partial charge in [-0.15, -0.1) is 6.58 Å². The summed E-state index contributed by atoms with van der Waals surface area (Å²) in [5.74, 6) is -0.666. The van der Waals surface area contributed by atoms with Gasteiger partial charge in [0.15, 0.2) is 5.11 Å². The summed E-state index contributed by atoms with van der Waals surface area (Å²) in [6.45, 7) is 3.93. The van der Waals surface area contributed by atoms with E-state index >= 15 is 0 Å². The molecular weight excluding hydrogens is 454 g/mol.